The molecule has 0 saturated carbocycles. The zero-order valence-corrected chi connectivity index (χ0v) is 11.0. The molecular formula is C13H17N2S+. The summed E-state index contributed by atoms with van der Waals surface area (Å²) in [6.45, 7) is 6.30. The van der Waals surface area contributed by atoms with Crippen molar-refractivity contribution in [3.63, 3.8) is 0 Å². The fourth-order valence-electron chi connectivity index (χ4n) is 1.76. The van der Waals surface area contributed by atoms with Crippen LogP contribution in [0.15, 0.2) is 12.2 Å². The molecule has 0 saturated heterocycles. The van der Waals surface area contributed by atoms with Crippen molar-refractivity contribution in [3.05, 3.63) is 27.7 Å². The Balaban J connectivity index is 2.45. The van der Waals surface area contributed by atoms with Crippen LogP contribution in [-0.2, 0) is 0 Å². The highest BCUT2D eigenvalue weighted by Gasteiger charge is 2.28. The average molecular weight is 233 g/mol. The summed E-state index contributed by atoms with van der Waals surface area (Å²) in [4.78, 5) is 5.77. The minimum absolute atomic E-state index is 0.0525. The third kappa shape index (κ3) is 1.87. The van der Waals surface area contributed by atoms with Crippen molar-refractivity contribution in [3.8, 4) is 0 Å². The van der Waals surface area contributed by atoms with E-state index in [0.717, 1.165) is 10.7 Å². The van der Waals surface area contributed by atoms with Crippen molar-refractivity contribution >= 4 is 29.7 Å². The topological polar surface area (TPSA) is 15.9 Å². The fourth-order valence-corrected chi connectivity index (χ4v) is 2.58. The van der Waals surface area contributed by atoms with Crippen LogP contribution < -0.4 is 0 Å². The Morgan fingerprint density at radius 3 is 2.75 bits per heavy atom. The molecule has 0 fully saturated rings. The van der Waals surface area contributed by atoms with E-state index in [1.807, 2.05) is 6.92 Å². The third-order valence-corrected chi connectivity index (χ3v) is 4.04. The van der Waals surface area contributed by atoms with Crippen molar-refractivity contribution in [2.24, 2.45) is 0 Å². The molecule has 0 amide bonds. The summed E-state index contributed by atoms with van der Waals surface area (Å²) in [5.74, 6) is 0. The van der Waals surface area contributed by atoms with Gasteiger partial charge in [-0.05, 0) is 31.2 Å². The second-order valence-corrected chi connectivity index (χ2v) is 5.48. The lowest BCUT2D eigenvalue weighted by molar-refractivity contribution is -0.547. The standard InChI is InChI=1S/C13H17N2S/c1-5-15(4)13(3)8-6-11-12(7-9-13)16-10(2)14-11/h5-9H,1-4H3/q+1. The molecule has 2 nitrogen and oxygen atoms in total. The van der Waals surface area contributed by atoms with E-state index in [4.69, 9.17) is 0 Å². The van der Waals surface area contributed by atoms with Crippen molar-refractivity contribution in [2.45, 2.75) is 26.3 Å². The van der Waals surface area contributed by atoms with Crippen molar-refractivity contribution in [2.75, 3.05) is 7.05 Å². The van der Waals surface area contributed by atoms with Gasteiger partial charge in [-0.15, -0.1) is 11.3 Å². The first kappa shape index (κ1) is 11.3. The molecule has 1 aromatic rings. The van der Waals surface area contributed by atoms with Crippen LogP contribution in [0.25, 0.3) is 12.2 Å². The number of fused-ring (bicyclic) bond motifs is 1. The molecule has 1 aliphatic rings. The molecule has 1 heterocycles. The highest BCUT2D eigenvalue weighted by molar-refractivity contribution is 7.12. The van der Waals surface area contributed by atoms with Crippen molar-refractivity contribution in [1.29, 1.82) is 0 Å². The summed E-state index contributed by atoms with van der Waals surface area (Å²) in [7, 11) is 2.09. The van der Waals surface area contributed by atoms with Gasteiger partial charge in [0.05, 0.1) is 15.6 Å². The smallest absolute Gasteiger partial charge is 0.196 e. The second-order valence-electron chi connectivity index (χ2n) is 4.24. The summed E-state index contributed by atoms with van der Waals surface area (Å²) in [6, 6.07) is 0. The van der Waals surface area contributed by atoms with Gasteiger partial charge in [-0.2, -0.15) is 0 Å². The predicted octanol–water partition coefficient (Wildman–Crippen LogP) is 2.98. The molecule has 1 atom stereocenters. The minimum Gasteiger partial charge on any atom is -0.242 e. The number of rotatable bonds is 1. The van der Waals surface area contributed by atoms with Gasteiger partial charge in [0.1, 0.15) is 13.3 Å². The van der Waals surface area contributed by atoms with E-state index in [0.29, 0.717) is 0 Å². The first-order valence-electron chi connectivity index (χ1n) is 5.43. The molecule has 0 radical (unpaired) electrons. The maximum Gasteiger partial charge on any atom is 0.196 e. The fraction of sp³-hybridized carbons (Fsp3) is 0.385. The van der Waals surface area contributed by atoms with E-state index in [-0.39, 0.29) is 5.54 Å². The number of aryl methyl sites for hydroxylation is 1. The summed E-state index contributed by atoms with van der Waals surface area (Å²) in [5, 5.41) is 1.12. The van der Waals surface area contributed by atoms with Gasteiger partial charge >= 0.3 is 0 Å². The van der Waals surface area contributed by atoms with Gasteiger partial charge in [-0.25, -0.2) is 9.56 Å². The van der Waals surface area contributed by atoms with E-state index in [2.05, 4.69) is 61.0 Å². The third-order valence-electron chi connectivity index (χ3n) is 3.09. The van der Waals surface area contributed by atoms with Gasteiger partial charge in [0.25, 0.3) is 0 Å². The molecule has 0 spiro atoms. The lowest BCUT2D eigenvalue weighted by Crippen LogP contribution is -2.32. The van der Waals surface area contributed by atoms with Crippen molar-refractivity contribution in [1.82, 2.24) is 4.98 Å². The Bertz CT molecular complexity index is 461. The zero-order chi connectivity index (χ0) is 11.8. The number of hydrogen-bond acceptors (Lipinski definition) is 2. The lowest BCUT2D eigenvalue weighted by Gasteiger charge is -2.16. The van der Waals surface area contributed by atoms with E-state index in [9.17, 15) is 0 Å². The number of hydrogen-bond donors (Lipinski definition) is 0. The quantitative estimate of drug-likeness (QED) is 0.538. The Hall–Kier alpha value is -1.22. The number of nitrogens with zero attached hydrogens (tertiary/aromatic N) is 2. The zero-order valence-electron chi connectivity index (χ0n) is 10.2. The maximum atomic E-state index is 4.51. The number of likely N-dealkylation sites (N-methyl/N-ethyl adjacent to an activating group) is 1. The minimum atomic E-state index is -0.0525. The SMILES string of the molecule is CC=[N+](C)C1(C)C=Cc2nc(C)sc2C=C1. The molecule has 0 bridgehead atoms. The Kier molecular flexibility index (Phi) is 2.80. The molecule has 1 unspecified atom stereocenters. The molecule has 0 aromatic carbocycles. The van der Waals surface area contributed by atoms with Gasteiger partial charge in [0.2, 0.25) is 0 Å². The van der Waals surface area contributed by atoms with E-state index >= 15 is 0 Å². The van der Waals surface area contributed by atoms with Crippen LogP contribution in [0.2, 0.25) is 0 Å². The van der Waals surface area contributed by atoms with Crippen LogP contribution >= 0.6 is 11.3 Å². The maximum absolute atomic E-state index is 4.51. The molecular weight excluding hydrogens is 216 g/mol. The largest absolute Gasteiger partial charge is 0.242 e. The Labute approximate surface area is 101 Å². The van der Waals surface area contributed by atoms with Crippen LogP contribution in [-0.4, -0.2) is 28.4 Å². The molecule has 1 aromatic heterocycles. The number of aromatic nitrogens is 1. The second kappa shape index (κ2) is 3.98. The molecule has 0 aliphatic heterocycles. The van der Waals surface area contributed by atoms with Crippen LogP contribution in [0.5, 0.6) is 0 Å². The molecule has 2 rings (SSSR count). The lowest BCUT2D eigenvalue weighted by atomic mass is 10.0. The molecule has 16 heavy (non-hydrogen) atoms. The molecule has 0 N–H and O–H groups in total. The van der Waals surface area contributed by atoms with Gasteiger partial charge in [-0.3, -0.25) is 0 Å². The molecule has 84 valence electrons. The molecule has 3 heteroatoms. The Morgan fingerprint density at radius 1 is 1.38 bits per heavy atom. The highest BCUT2D eigenvalue weighted by atomic mass is 32.1. The normalized spacial score (nSPS) is 24.4. The highest BCUT2D eigenvalue weighted by Crippen LogP contribution is 2.27. The summed E-state index contributed by atoms with van der Waals surface area (Å²) in [5.41, 5.74) is 1.04. The predicted molar refractivity (Wildman–Crippen MR) is 71.2 cm³/mol. The van der Waals surface area contributed by atoms with Crippen molar-refractivity contribution < 1.29 is 4.58 Å². The van der Waals surface area contributed by atoms with E-state index in [1.54, 1.807) is 11.3 Å². The summed E-state index contributed by atoms with van der Waals surface area (Å²) >= 11 is 1.75. The Morgan fingerprint density at radius 2 is 2.06 bits per heavy atom. The van der Waals surface area contributed by atoms with Crippen LogP contribution in [0.4, 0.5) is 0 Å². The van der Waals surface area contributed by atoms with Gasteiger partial charge < -0.3 is 0 Å². The van der Waals surface area contributed by atoms with E-state index in [1.165, 1.54) is 4.88 Å². The van der Waals surface area contributed by atoms with Crippen LogP contribution in [0, 0.1) is 6.92 Å². The summed E-state index contributed by atoms with van der Waals surface area (Å²) in [6.07, 6.45) is 10.8. The first-order valence-corrected chi connectivity index (χ1v) is 6.25. The summed E-state index contributed by atoms with van der Waals surface area (Å²) < 4.78 is 2.20. The van der Waals surface area contributed by atoms with Gasteiger partial charge in [-0.1, -0.05) is 0 Å². The van der Waals surface area contributed by atoms with Gasteiger partial charge in [0.15, 0.2) is 5.54 Å². The number of thiazole rings is 1. The monoisotopic (exact) mass is 233 g/mol. The first-order chi connectivity index (χ1) is 7.55. The van der Waals surface area contributed by atoms with E-state index < -0.39 is 0 Å². The van der Waals surface area contributed by atoms with Gasteiger partial charge in [0, 0.05) is 13.8 Å². The molecule has 1 aliphatic carbocycles. The van der Waals surface area contributed by atoms with Crippen LogP contribution in [0.3, 0.4) is 0 Å². The average Bonchev–Trinajstić information content (AvgIpc) is 2.56. The van der Waals surface area contributed by atoms with Crippen LogP contribution in [0.1, 0.15) is 29.4 Å².